The van der Waals surface area contributed by atoms with E-state index in [0.29, 0.717) is 17.5 Å². The highest BCUT2D eigenvalue weighted by atomic mass is 35.5. The smallest absolute Gasteiger partial charge is 0.225 e. The van der Waals surface area contributed by atoms with Crippen LogP contribution in [0, 0.1) is 0 Å². The molecule has 0 aliphatic heterocycles. The first kappa shape index (κ1) is 9.80. The van der Waals surface area contributed by atoms with Gasteiger partial charge in [-0.1, -0.05) is 11.6 Å². The van der Waals surface area contributed by atoms with E-state index in [1.54, 1.807) is 0 Å². The quantitative estimate of drug-likeness (QED) is 0.607. The SMILES string of the molecule is Nc1nc(Cl)nc(Cl)c1NC1CCC1. The van der Waals surface area contributed by atoms with Crippen molar-refractivity contribution in [2.45, 2.75) is 25.3 Å². The third kappa shape index (κ3) is 1.86. The zero-order chi connectivity index (χ0) is 10.1. The summed E-state index contributed by atoms with van der Waals surface area (Å²) in [5, 5.41) is 3.56. The molecule has 3 N–H and O–H groups in total. The molecule has 0 bridgehead atoms. The number of hydrogen-bond donors (Lipinski definition) is 2. The van der Waals surface area contributed by atoms with Crippen LogP contribution in [0.2, 0.25) is 10.4 Å². The van der Waals surface area contributed by atoms with Crippen LogP contribution in [0.4, 0.5) is 11.5 Å². The summed E-state index contributed by atoms with van der Waals surface area (Å²) >= 11 is 11.5. The molecule has 2 rings (SSSR count). The average molecular weight is 233 g/mol. The molecule has 0 saturated heterocycles. The van der Waals surface area contributed by atoms with Crippen molar-refractivity contribution in [3.8, 4) is 0 Å². The number of hydrogen-bond acceptors (Lipinski definition) is 4. The number of nitrogen functional groups attached to an aromatic ring is 1. The molecule has 1 fully saturated rings. The molecule has 0 amide bonds. The molecule has 0 unspecified atom stereocenters. The number of rotatable bonds is 2. The predicted molar refractivity (Wildman–Crippen MR) is 57.7 cm³/mol. The molecule has 14 heavy (non-hydrogen) atoms. The summed E-state index contributed by atoms with van der Waals surface area (Å²) in [4.78, 5) is 7.65. The Morgan fingerprint density at radius 1 is 1.29 bits per heavy atom. The molecule has 1 heterocycles. The van der Waals surface area contributed by atoms with Gasteiger partial charge in [-0.2, -0.15) is 4.98 Å². The van der Waals surface area contributed by atoms with Gasteiger partial charge in [0.25, 0.3) is 0 Å². The molecular weight excluding hydrogens is 223 g/mol. The van der Waals surface area contributed by atoms with Gasteiger partial charge < -0.3 is 11.1 Å². The van der Waals surface area contributed by atoms with Gasteiger partial charge in [-0.15, -0.1) is 0 Å². The fourth-order valence-corrected chi connectivity index (χ4v) is 1.76. The van der Waals surface area contributed by atoms with Crippen molar-refractivity contribution < 1.29 is 0 Å². The van der Waals surface area contributed by atoms with Gasteiger partial charge in [-0.3, -0.25) is 0 Å². The van der Waals surface area contributed by atoms with Crippen molar-refractivity contribution >= 4 is 34.7 Å². The van der Waals surface area contributed by atoms with Crippen LogP contribution in [0.5, 0.6) is 0 Å². The van der Waals surface area contributed by atoms with Crippen LogP contribution < -0.4 is 11.1 Å². The third-order valence-electron chi connectivity index (χ3n) is 2.32. The average Bonchev–Trinajstić information content (AvgIpc) is 1.98. The van der Waals surface area contributed by atoms with Gasteiger partial charge in [0.05, 0.1) is 0 Å². The van der Waals surface area contributed by atoms with Gasteiger partial charge in [0.15, 0.2) is 11.0 Å². The molecule has 1 aromatic rings. The molecular formula is C8H10Cl2N4. The van der Waals surface area contributed by atoms with Crippen LogP contribution in [-0.4, -0.2) is 16.0 Å². The van der Waals surface area contributed by atoms with Crippen LogP contribution in [0.1, 0.15) is 19.3 Å². The molecule has 0 atom stereocenters. The molecule has 0 radical (unpaired) electrons. The van der Waals surface area contributed by atoms with Crippen LogP contribution >= 0.6 is 23.2 Å². The number of anilines is 2. The Labute approximate surface area is 91.8 Å². The minimum atomic E-state index is 0.0756. The van der Waals surface area contributed by atoms with Crippen molar-refractivity contribution in [1.29, 1.82) is 0 Å². The zero-order valence-electron chi connectivity index (χ0n) is 7.43. The zero-order valence-corrected chi connectivity index (χ0v) is 8.94. The summed E-state index contributed by atoms with van der Waals surface area (Å²) in [5.74, 6) is 0.307. The molecule has 1 aromatic heterocycles. The number of nitrogens with one attached hydrogen (secondary N) is 1. The van der Waals surface area contributed by atoms with Crippen LogP contribution in [0.25, 0.3) is 0 Å². The lowest BCUT2D eigenvalue weighted by molar-refractivity contribution is 0.445. The highest BCUT2D eigenvalue weighted by Crippen LogP contribution is 2.30. The summed E-state index contributed by atoms with van der Waals surface area (Å²) in [6, 6.07) is 0.444. The Balaban J connectivity index is 2.22. The van der Waals surface area contributed by atoms with Crippen LogP contribution in [0.3, 0.4) is 0 Å². The third-order valence-corrected chi connectivity index (χ3v) is 2.76. The van der Waals surface area contributed by atoms with Gasteiger partial charge in [0.1, 0.15) is 5.69 Å². The molecule has 6 heteroatoms. The molecule has 0 spiro atoms. The Kier molecular flexibility index (Phi) is 2.65. The molecule has 1 saturated carbocycles. The van der Waals surface area contributed by atoms with E-state index in [9.17, 15) is 0 Å². The van der Waals surface area contributed by atoms with Crippen molar-refractivity contribution in [1.82, 2.24) is 9.97 Å². The van der Waals surface area contributed by atoms with Gasteiger partial charge in [-0.05, 0) is 30.9 Å². The van der Waals surface area contributed by atoms with E-state index in [0.717, 1.165) is 12.8 Å². The second-order valence-electron chi connectivity index (χ2n) is 3.32. The number of aromatic nitrogens is 2. The fourth-order valence-electron chi connectivity index (χ4n) is 1.31. The normalized spacial score (nSPS) is 16.4. The number of halogens is 2. The summed E-state index contributed by atoms with van der Waals surface area (Å²) in [6.45, 7) is 0. The topological polar surface area (TPSA) is 63.8 Å². The second-order valence-corrected chi connectivity index (χ2v) is 4.01. The summed E-state index contributed by atoms with van der Waals surface area (Å²) in [7, 11) is 0. The van der Waals surface area contributed by atoms with Gasteiger partial charge in [0, 0.05) is 6.04 Å². The maximum atomic E-state index is 5.88. The maximum Gasteiger partial charge on any atom is 0.225 e. The number of nitrogens with zero attached hydrogens (tertiary/aromatic N) is 2. The van der Waals surface area contributed by atoms with E-state index in [2.05, 4.69) is 15.3 Å². The first-order valence-corrected chi connectivity index (χ1v) is 5.17. The first-order valence-electron chi connectivity index (χ1n) is 4.42. The minimum Gasteiger partial charge on any atom is -0.382 e. The van der Waals surface area contributed by atoms with Crippen molar-refractivity contribution in [2.24, 2.45) is 0 Å². The first-order chi connectivity index (χ1) is 6.66. The Morgan fingerprint density at radius 2 is 2.00 bits per heavy atom. The highest BCUT2D eigenvalue weighted by molar-refractivity contribution is 6.34. The maximum absolute atomic E-state index is 5.88. The summed E-state index contributed by atoms with van der Waals surface area (Å²) in [5.41, 5.74) is 6.26. The fraction of sp³-hybridized carbons (Fsp3) is 0.500. The van der Waals surface area contributed by atoms with Crippen LogP contribution in [0.15, 0.2) is 0 Å². The second kappa shape index (κ2) is 3.79. The standard InChI is InChI=1S/C8H10Cl2N4/c9-6-5(12-4-2-1-3-4)7(11)14-8(10)13-6/h4,12H,1-3H2,(H2,11,13,14). The van der Waals surface area contributed by atoms with Gasteiger partial charge in [0.2, 0.25) is 5.28 Å². The Hall–Kier alpha value is -0.740. The number of nitrogens with two attached hydrogens (primary N) is 1. The van der Waals surface area contributed by atoms with E-state index in [1.165, 1.54) is 6.42 Å². The van der Waals surface area contributed by atoms with E-state index in [1.807, 2.05) is 0 Å². The molecule has 1 aliphatic rings. The van der Waals surface area contributed by atoms with Crippen molar-refractivity contribution in [2.75, 3.05) is 11.1 Å². The van der Waals surface area contributed by atoms with E-state index >= 15 is 0 Å². The molecule has 4 nitrogen and oxygen atoms in total. The highest BCUT2D eigenvalue weighted by Gasteiger charge is 2.20. The van der Waals surface area contributed by atoms with Crippen LogP contribution in [-0.2, 0) is 0 Å². The lowest BCUT2D eigenvalue weighted by atomic mass is 9.93. The van der Waals surface area contributed by atoms with Gasteiger partial charge in [-0.25, -0.2) is 4.98 Å². The van der Waals surface area contributed by atoms with E-state index in [4.69, 9.17) is 28.9 Å². The Morgan fingerprint density at radius 3 is 2.50 bits per heavy atom. The lowest BCUT2D eigenvalue weighted by Gasteiger charge is -2.27. The van der Waals surface area contributed by atoms with E-state index < -0.39 is 0 Å². The largest absolute Gasteiger partial charge is 0.382 e. The van der Waals surface area contributed by atoms with Crippen molar-refractivity contribution in [3.63, 3.8) is 0 Å². The molecule has 76 valence electrons. The molecule has 1 aliphatic carbocycles. The monoisotopic (exact) mass is 232 g/mol. The van der Waals surface area contributed by atoms with E-state index in [-0.39, 0.29) is 10.4 Å². The summed E-state index contributed by atoms with van der Waals surface area (Å²) < 4.78 is 0. The summed E-state index contributed by atoms with van der Waals surface area (Å²) in [6.07, 6.45) is 3.51. The Bertz CT molecular complexity index is 328. The van der Waals surface area contributed by atoms with Gasteiger partial charge >= 0.3 is 0 Å². The predicted octanol–water partition coefficient (Wildman–Crippen LogP) is 2.33. The van der Waals surface area contributed by atoms with Crippen molar-refractivity contribution in [3.05, 3.63) is 10.4 Å². The lowest BCUT2D eigenvalue weighted by Crippen LogP contribution is -2.27. The molecule has 0 aromatic carbocycles. The minimum absolute atomic E-state index is 0.0756.